The van der Waals surface area contributed by atoms with E-state index in [4.69, 9.17) is 5.11 Å². The molecule has 1 atom stereocenters. The van der Waals surface area contributed by atoms with Gasteiger partial charge < -0.3 is 15.3 Å². The van der Waals surface area contributed by atoms with Crippen molar-refractivity contribution in [1.82, 2.24) is 10.2 Å². The van der Waals surface area contributed by atoms with E-state index >= 15 is 0 Å². The Balaban J connectivity index is 1.56. The van der Waals surface area contributed by atoms with Crippen LogP contribution in [0.15, 0.2) is 48.5 Å². The number of nitrogens with one attached hydrogen (secondary N) is 1. The maximum absolute atomic E-state index is 14.0. The van der Waals surface area contributed by atoms with Crippen LogP contribution in [0.3, 0.4) is 0 Å². The molecular weight excluding hydrogens is 473 g/mol. The van der Waals surface area contributed by atoms with Crippen molar-refractivity contribution >= 4 is 23.6 Å². The Morgan fingerprint density at radius 2 is 1.73 bits per heavy atom. The average molecular weight is 510 g/mol. The molecule has 3 amide bonds. The van der Waals surface area contributed by atoms with E-state index in [-0.39, 0.29) is 48.2 Å². The van der Waals surface area contributed by atoms with Gasteiger partial charge in [0.15, 0.2) is 0 Å². The number of benzene rings is 2. The van der Waals surface area contributed by atoms with Gasteiger partial charge in [-0.2, -0.15) is 0 Å². The number of hydrogen-bond acceptors (Lipinski definition) is 3. The van der Waals surface area contributed by atoms with Gasteiger partial charge in [-0.3, -0.25) is 14.5 Å². The van der Waals surface area contributed by atoms with Gasteiger partial charge in [-0.05, 0) is 72.9 Å². The Morgan fingerprint density at radius 3 is 2.32 bits per heavy atom. The summed E-state index contributed by atoms with van der Waals surface area (Å²) in [6.07, 6.45) is 3.81. The van der Waals surface area contributed by atoms with Gasteiger partial charge in [0.05, 0.1) is 19.0 Å². The van der Waals surface area contributed by atoms with Crippen molar-refractivity contribution in [3.63, 3.8) is 0 Å². The summed E-state index contributed by atoms with van der Waals surface area (Å²) in [4.78, 5) is 40.5. The summed E-state index contributed by atoms with van der Waals surface area (Å²) in [5, 5.41) is 11.4. The fourth-order valence-corrected chi connectivity index (χ4v) is 5.61. The molecule has 1 aliphatic carbocycles. The zero-order valence-electron chi connectivity index (χ0n) is 21.7. The largest absolute Gasteiger partial charge is 0.481 e. The number of aliphatic carboxylic acids is 1. The van der Waals surface area contributed by atoms with Gasteiger partial charge in [-0.15, -0.1) is 0 Å². The molecule has 2 aliphatic rings. The molecule has 0 radical (unpaired) electrons. The zero-order valence-corrected chi connectivity index (χ0v) is 21.7. The Hall–Kier alpha value is -3.42. The summed E-state index contributed by atoms with van der Waals surface area (Å²) >= 11 is 0. The maximum atomic E-state index is 14.0. The van der Waals surface area contributed by atoms with Crippen LogP contribution < -0.4 is 10.2 Å². The zero-order chi connectivity index (χ0) is 26.7. The lowest BCUT2D eigenvalue weighted by Gasteiger charge is -2.41. The first-order valence-electron chi connectivity index (χ1n) is 13.0. The molecule has 7 nitrogen and oxygen atoms in total. The van der Waals surface area contributed by atoms with Gasteiger partial charge in [-0.25, -0.2) is 9.18 Å². The summed E-state index contributed by atoms with van der Waals surface area (Å²) in [6, 6.07) is 13.0. The van der Waals surface area contributed by atoms with E-state index in [2.05, 4.69) is 26.1 Å². The topological polar surface area (TPSA) is 90.0 Å². The van der Waals surface area contributed by atoms with E-state index in [0.717, 1.165) is 31.2 Å². The molecule has 0 bridgehead atoms. The lowest BCUT2D eigenvalue weighted by Crippen LogP contribution is -2.43. The van der Waals surface area contributed by atoms with E-state index in [0.29, 0.717) is 23.7 Å². The van der Waals surface area contributed by atoms with Crippen molar-refractivity contribution < 1.29 is 23.9 Å². The number of carbonyl (C=O) groups excluding carboxylic acids is 2. The Labute approximate surface area is 217 Å². The smallest absolute Gasteiger partial charge is 0.325 e. The first-order valence-corrected chi connectivity index (χ1v) is 13.0. The van der Waals surface area contributed by atoms with Crippen molar-refractivity contribution in [2.75, 3.05) is 18.0 Å². The number of carbonyl (C=O) groups is 3. The molecule has 1 saturated heterocycles. The van der Waals surface area contributed by atoms with Crippen molar-refractivity contribution in [2.45, 2.75) is 65.0 Å². The molecule has 0 spiro atoms. The summed E-state index contributed by atoms with van der Waals surface area (Å²) < 4.78 is 14.0. The molecule has 37 heavy (non-hydrogen) atoms. The lowest BCUT2D eigenvalue weighted by molar-refractivity contribution is -0.136. The molecule has 1 saturated carbocycles. The van der Waals surface area contributed by atoms with E-state index < -0.39 is 5.97 Å². The average Bonchev–Trinajstić information content (AvgIpc) is 3.20. The molecule has 2 N–H and O–H groups in total. The van der Waals surface area contributed by atoms with Crippen molar-refractivity contribution in [3.05, 3.63) is 65.5 Å². The molecule has 1 aliphatic heterocycles. The molecule has 2 fully saturated rings. The van der Waals surface area contributed by atoms with Crippen molar-refractivity contribution in [1.29, 1.82) is 0 Å². The molecule has 8 heteroatoms. The van der Waals surface area contributed by atoms with E-state index in [9.17, 15) is 18.8 Å². The van der Waals surface area contributed by atoms with Gasteiger partial charge in [0.25, 0.3) is 5.91 Å². The van der Waals surface area contributed by atoms with Crippen LogP contribution in [0.1, 0.15) is 74.8 Å². The van der Waals surface area contributed by atoms with Crippen LogP contribution >= 0.6 is 0 Å². The molecule has 2 aromatic carbocycles. The summed E-state index contributed by atoms with van der Waals surface area (Å²) in [5.41, 5.74) is 2.11. The third-order valence-electron chi connectivity index (χ3n) is 7.76. The number of carboxylic acid groups (broad SMARTS) is 1. The second-order valence-electron chi connectivity index (χ2n) is 11.2. The van der Waals surface area contributed by atoms with E-state index in [1.54, 1.807) is 29.2 Å². The molecule has 0 aromatic heterocycles. The van der Waals surface area contributed by atoms with Gasteiger partial charge in [0.2, 0.25) is 0 Å². The number of halogens is 1. The highest BCUT2D eigenvalue weighted by atomic mass is 19.1. The lowest BCUT2D eigenvalue weighted by atomic mass is 9.71. The quantitative estimate of drug-likeness (QED) is 0.507. The number of amides is 3. The maximum Gasteiger partial charge on any atom is 0.325 e. The fourth-order valence-electron chi connectivity index (χ4n) is 5.61. The second-order valence-corrected chi connectivity index (χ2v) is 11.2. The predicted molar refractivity (Wildman–Crippen MR) is 140 cm³/mol. The summed E-state index contributed by atoms with van der Waals surface area (Å²) in [5.74, 6) is -1.09. The highest BCUT2D eigenvalue weighted by Gasteiger charge is 2.44. The number of nitrogens with zero attached hydrogens (tertiary/aromatic N) is 2. The molecular formula is C29H36FN3O4. The fraction of sp³-hybridized carbons (Fsp3) is 0.483. The minimum atomic E-state index is -0.971. The molecule has 4 rings (SSSR count). The van der Waals surface area contributed by atoms with Crippen LogP contribution in [0.2, 0.25) is 0 Å². The molecule has 1 unspecified atom stereocenters. The number of urea groups is 1. The van der Waals surface area contributed by atoms with E-state index in [1.165, 1.54) is 12.1 Å². The van der Waals surface area contributed by atoms with Crippen LogP contribution in [-0.4, -0.2) is 47.0 Å². The first kappa shape index (κ1) is 26.6. The number of rotatable bonds is 7. The van der Waals surface area contributed by atoms with Crippen LogP contribution in [0.5, 0.6) is 0 Å². The van der Waals surface area contributed by atoms with Crippen LogP contribution in [-0.2, 0) is 4.79 Å². The molecule has 198 valence electrons. The second kappa shape index (κ2) is 10.9. The standard InChI is InChI=1S/C29H36FN3O4/c1-29(2,3)21-11-13-23(14-12-21)33-25(18-32(28(33)37)24-6-4-5-22(30)17-24)19-7-9-20(10-8-19)27(36)31-16-15-26(34)35/h4-10,17,21,23,25H,11-16,18H2,1-3H3,(H,31,36)(H,34,35). The summed E-state index contributed by atoms with van der Waals surface area (Å²) in [6.45, 7) is 7.26. The van der Waals surface area contributed by atoms with Gasteiger partial charge >= 0.3 is 12.0 Å². The minimum Gasteiger partial charge on any atom is -0.481 e. The minimum absolute atomic E-state index is 0.0562. The van der Waals surface area contributed by atoms with Crippen LogP contribution in [0.4, 0.5) is 14.9 Å². The highest BCUT2D eigenvalue weighted by molar-refractivity contribution is 5.96. The first-order chi connectivity index (χ1) is 17.5. The van der Waals surface area contributed by atoms with Crippen LogP contribution in [0.25, 0.3) is 0 Å². The SMILES string of the molecule is CC(C)(C)C1CCC(N2C(=O)N(c3cccc(F)c3)CC2c2ccc(C(=O)NCCC(=O)O)cc2)CC1. The third-order valence-corrected chi connectivity index (χ3v) is 7.76. The van der Waals surface area contributed by atoms with Crippen molar-refractivity contribution in [3.8, 4) is 0 Å². The van der Waals surface area contributed by atoms with Crippen LogP contribution in [0, 0.1) is 17.2 Å². The number of hydrogen-bond donors (Lipinski definition) is 2. The monoisotopic (exact) mass is 509 g/mol. The van der Waals surface area contributed by atoms with Gasteiger partial charge in [0, 0.05) is 23.8 Å². The summed E-state index contributed by atoms with van der Waals surface area (Å²) in [7, 11) is 0. The molecule has 1 heterocycles. The third kappa shape index (κ3) is 6.12. The normalized spacial score (nSPS) is 22.3. The van der Waals surface area contributed by atoms with Gasteiger partial charge in [0.1, 0.15) is 5.82 Å². The predicted octanol–water partition coefficient (Wildman–Crippen LogP) is 5.62. The Kier molecular flexibility index (Phi) is 7.85. The highest BCUT2D eigenvalue weighted by Crippen LogP contribution is 2.43. The Bertz CT molecular complexity index is 1140. The number of anilines is 1. The number of carboxylic acids is 1. The van der Waals surface area contributed by atoms with Gasteiger partial charge in [-0.1, -0.05) is 39.0 Å². The van der Waals surface area contributed by atoms with E-state index in [1.807, 2.05) is 17.0 Å². The Morgan fingerprint density at radius 1 is 1.05 bits per heavy atom. The molecule has 2 aromatic rings. The van der Waals surface area contributed by atoms with Crippen molar-refractivity contribution in [2.24, 2.45) is 11.3 Å².